The minimum absolute atomic E-state index is 0.105. The van der Waals surface area contributed by atoms with Gasteiger partial charge in [0.2, 0.25) is 5.82 Å². The van der Waals surface area contributed by atoms with Crippen LogP contribution in [-0.4, -0.2) is 30.9 Å². The predicted octanol–water partition coefficient (Wildman–Crippen LogP) is 4.46. The summed E-state index contributed by atoms with van der Waals surface area (Å²) in [4.78, 5) is 12.8. The molecular weight excluding hydrogens is 342 g/mol. The van der Waals surface area contributed by atoms with Crippen LogP contribution < -0.4 is 4.74 Å². The van der Waals surface area contributed by atoms with Crippen LogP contribution in [0, 0.1) is 23.5 Å². The van der Waals surface area contributed by atoms with Crippen LogP contribution in [0.25, 0.3) is 0 Å². The SMILES string of the molecule is COc1c(C2C(C)C(C(C)C)O[C@@H]2C(=O)OC(C)(C)C)ccc(F)c1F. The second-order valence-corrected chi connectivity index (χ2v) is 8.17. The number of hydrogen-bond donors (Lipinski definition) is 0. The third kappa shape index (κ3) is 4.00. The van der Waals surface area contributed by atoms with Gasteiger partial charge in [0.25, 0.3) is 0 Å². The van der Waals surface area contributed by atoms with Crippen molar-refractivity contribution in [1.29, 1.82) is 0 Å². The van der Waals surface area contributed by atoms with Crippen molar-refractivity contribution in [2.45, 2.75) is 65.3 Å². The topological polar surface area (TPSA) is 44.8 Å². The molecule has 1 aromatic rings. The number of rotatable bonds is 4. The van der Waals surface area contributed by atoms with E-state index in [4.69, 9.17) is 14.2 Å². The number of hydrogen-bond acceptors (Lipinski definition) is 4. The maximum Gasteiger partial charge on any atom is 0.336 e. The minimum atomic E-state index is -1.06. The van der Waals surface area contributed by atoms with Gasteiger partial charge < -0.3 is 14.2 Å². The Hall–Kier alpha value is -1.69. The molecule has 1 aromatic carbocycles. The van der Waals surface area contributed by atoms with Crippen molar-refractivity contribution >= 4 is 5.97 Å². The van der Waals surface area contributed by atoms with Gasteiger partial charge in [-0.05, 0) is 38.7 Å². The first-order valence-corrected chi connectivity index (χ1v) is 8.88. The monoisotopic (exact) mass is 370 g/mol. The van der Waals surface area contributed by atoms with Crippen LogP contribution in [0.2, 0.25) is 0 Å². The zero-order valence-electron chi connectivity index (χ0n) is 16.4. The molecule has 4 nitrogen and oxygen atoms in total. The molecule has 2 rings (SSSR count). The fourth-order valence-electron chi connectivity index (χ4n) is 3.65. The first-order chi connectivity index (χ1) is 12.0. The number of carbonyl (C=O) groups excluding carboxylic acids is 1. The summed E-state index contributed by atoms with van der Waals surface area (Å²) < 4.78 is 44.5. The first-order valence-electron chi connectivity index (χ1n) is 8.88. The van der Waals surface area contributed by atoms with Gasteiger partial charge in [0.05, 0.1) is 13.2 Å². The number of methoxy groups -OCH3 is 1. The van der Waals surface area contributed by atoms with E-state index in [1.807, 2.05) is 20.8 Å². The lowest BCUT2D eigenvalue weighted by atomic mass is 9.80. The number of halogens is 2. The molecule has 146 valence electrons. The van der Waals surface area contributed by atoms with Crippen LogP contribution in [0.1, 0.15) is 53.0 Å². The van der Waals surface area contributed by atoms with E-state index in [-0.39, 0.29) is 23.7 Å². The Kier molecular flexibility index (Phi) is 5.95. The highest BCUT2D eigenvalue weighted by atomic mass is 19.2. The van der Waals surface area contributed by atoms with E-state index in [2.05, 4.69) is 0 Å². The molecule has 0 radical (unpaired) electrons. The Morgan fingerprint density at radius 3 is 2.35 bits per heavy atom. The predicted molar refractivity (Wildman–Crippen MR) is 94.2 cm³/mol. The molecule has 26 heavy (non-hydrogen) atoms. The molecular formula is C20H28F2O4. The second kappa shape index (κ2) is 7.51. The highest BCUT2D eigenvalue weighted by molar-refractivity contribution is 5.77. The average molecular weight is 370 g/mol. The standard InChI is InChI=1S/C20H28F2O4/c1-10(2)16-11(3)14(18(25-16)19(23)26-20(4,5)6)12-8-9-13(21)15(22)17(12)24-7/h8-11,14,16,18H,1-7H3/t11?,14?,16?,18-/m0/s1. The summed E-state index contributed by atoms with van der Waals surface area (Å²) in [5, 5.41) is 0. The van der Waals surface area contributed by atoms with Crippen molar-refractivity contribution < 1.29 is 27.8 Å². The zero-order valence-corrected chi connectivity index (χ0v) is 16.4. The normalized spacial score (nSPS) is 26.2. The third-order valence-corrected chi connectivity index (χ3v) is 4.65. The van der Waals surface area contributed by atoms with Gasteiger partial charge in [0.15, 0.2) is 17.7 Å². The van der Waals surface area contributed by atoms with Crippen LogP contribution in [0.4, 0.5) is 8.78 Å². The van der Waals surface area contributed by atoms with Gasteiger partial charge in [0.1, 0.15) is 5.60 Å². The third-order valence-electron chi connectivity index (χ3n) is 4.65. The van der Waals surface area contributed by atoms with Crippen LogP contribution in [0.5, 0.6) is 5.75 Å². The number of benzene rings is 1. The van der Waals surface area contributed by atoms with Crippen LogP contribution in [-0.2, 0) is 14.3 Å². The van der Waals surface area contributed by atoms with Crippen molar-refractivity contribution in [2.24, 2.45) is 11.8 Å². The van der Waals surface area contributed by atoms with E-state index in [1.54, 1.807) is 20.8 Å². The summed E-state index contributed by atoms with van der Waals surface area (Å²) >= 11 is 0. The highest BCUT2D eigenvalue weighted by Gasteiger charge is 2.49. The van der Waals surface area contributed by atoms with Crippen molar-refractivity contribution in [1.82, 2.24) is 0 Å². The molecule has 1 heterocycles. The summed E-state index contributed by atoms with van der Waals surface area (Å²) in [6, 6.07) is 2.51. The molecule has 4 atom stereocenters. The van der Waals surface area contributed by atoms with E-state index >= 15 is 0 Å². The average Bonchev–Trinajstić information content (AvgIpc) is 2.86. The molecule has 0 spiro atoms. The zero-order chi connectivity index (χ0) is 19.8. The van der Waals surface area contributed by atoms with E-state index in [0.717, 1.165) is 6.07 Å². The molecule has 3 unspecified atom stereocenters. The molecule has 0 aromatic heterocycles. The summed E-state index contributed by atoms with van der Waals surface area (Å²) in [6.07, 6.45) is -1.12. The molecule has 1 aliphatic rings. The summed E-state index contributed by atoms with van der Waals surface area (Å²) in [7, 11) is 1.28. The Labute approximate surface area is 153 Å². The molecule has 0 amide bonds. The molecule has 6 heteroatoms. The molecule has 1 aliphatic heterocycles. The summed E-state index contributed by atoms with van der Waals surface area (Å²) in [5.41, 5.74) is -0.264. The summed E-state index contributed by atoms with van der Waals surface area (Å²) in [6.45, 7) is 11.3. The van der Waals surface area contributed by atoms with Gasteiger partial charge in [-0.3, -0.25) is 0 Å². The molecule has 0 bridgehead atoms. The minimum Gasteiger partial charge on any atom is -0.493 e. The van der Waals surface area contributed by atoms with Crippen LogP contribution in [0.3, 0.4) is 0 Å². The van der Waals surface area contributed by atoms with Crippen LogP contribution >= 0.6 is 0 Å². The van der Waals surface area contributed by atoms with E-state index in [1.165, 1.54) is 13.2 Å². The van der Waals surface area contributed by atoms with Gasteiger partial charge in [0, 0.05) is 11.5 Å². The second-order valence-electron chi connectivity index (χ2n) is 8.17. The number of carbonyl (C=O) groups is 1. The fraction of sp³-hybridized carbons (Fsp3) is 0.650. The maximum atomic E-state index is 14.2. The smallest absolute Gasteiger partial charge is 0.336 e. The van der Waals surface area contributed by atoms with Gasteiger partial charge in [-0.2, -0.15) is 4.39 Å². The molecule has 1 saturated heterocycles. The highest BCUT2D eigenvalue weighted by Crippen LogP contribution is 2.46. The number of esters is 1. The Bertz CT molecular complexity index is 667. The van der Waals surface area contributed by atoms with E-state index in [0.29, 0.717) is 5.56 Å². The first kappa shape index (κ1) is 20.6. The largest absolute Gasteiger partial charge is 0.493 e. The van der Waals surface area contributed by atoms with Gasteiger partial charge in [-0.1, -0.05) is 26.8 Å². The lowest BCUT2D eigenvalue weighted by Gasteiger charge is -2.26. The van der Waals surface area contributed by atoms with Crippen LogP contribution in [0.15, 0.2) is 12.1 Å². The van der Waals surface area contributed by atoms with Crippen molar-refractivity contribution in [2.75, 3.05) is 7.11 Å². The Morgan fingerprint density at radius 1 is 1.23 bits per heavy atom. The lowest BCUT2D eigenvalue weighted by molar-refractivity contribution is -0.169. The molecule has 0 saturated carbocycles. The fourth-order valence-corrected chi connectivity index (χ4v) is 3.65. The Morgan fingerprint density at radius 2 is 1.85 bits per heavy atom. The van der Waals surface area contributed by atoms with Crippen molar-refractivity contribution in [3.05, 3.63) is 29.3 Å². The van der Waals surface area contributed by atoms with Crippen molar-refractivity contribution in [3.63, 3.8) is 0 Å². The number of ether oxygens (including phenoxy) is 3. The maximum absolute atomic E-state index is 14.2. The molecule has 0 aliphatic carbocycles. The van der Waals surface area contributed by atoms with E-state index < -0.39 is 35.2 Å². The van der Waals surface area contributed by atoms with Gasteiger partial charge in [-0.15, -0.1) is 0 Å². The molecule has 1 fully saturated rings. The quantitative estimate of drug-likeness (QED) is 0.734. The summed E-state index contributed by atoms with van der Waals surface area (Å²) in [5.74, 6) is -3.21. The van der Waals surface area contributed by atoms with E-state index in [9.17, 15) is 13.6 Å². The van der Waals surface area contributed by atoms with Crippen molar-refractivity contribution in [3.8, 4) is 5.75 Å². The Balaban J connectivity index is 2.51. The van der Waals surface area contributed by atoms with Gasteiger partial charge >= 0.3 is 5.97 Å². The van der Waals surface area contributed by atoms with Gasteiger partial charge in [-0.25, -0.2) is 9.18 Å². The molecule has 0 N–H and O–H groups in total. The lowest BCUT2D eigenvalue weighted by Crippen LogP contribution is -2.35.